The maximum Gasteiger partial charge on any atom is 0.255 e. The lowest BCUT2D eigenvalue weighted by Gasteiger charge is -2.17. The minimum Gasteiger partial charge on any atom is -0.387 e. The van der Waals surface area contributed by atoms with Gasteiger partial charge in [-0.05, 0) is 66.4 Å². The number of carbonyl (C=O) groups is 1. The summed E-state index contributed by atoms with van der Waals surface area (Å²) in [4.78, 5) is 12.5. The third-order valence-corrected chi connectivity index (χ3v) is 6.81. The number of aryl methyl sites for hydroxylation is 1. The van der Waals surface area contributed by atoms with Crippen molar-refractivity contribution in [3.8, 4) is 0 Å². The minimum absolute atomic E-state index is 0.0846. The second-order valence-electron chi connectivity index (χ2n) is 7.52. The van der Waals surface area contributed by atoms with Crippen LogP contribution in [-0.4, -0.2) is 25.5 Å². The molecule has 2 atom stereocenters. The topological polar surface area (TPSA) is 95.5 Å². The van der Waals surface area contributed by atoms with Crippen molar-refractivity contribution in [3.63, 3.8) is 0 Å². The molecule has 0 spiro atoms. The first-order valence-corrected chi connectivity index (χ1v) is 11.2. The molecule has 160 valence electrons. The number of fused-ring (bicyclic) bond motifs is 1. The van der Waals surface area contributed by atoms with E-state index in [9.17, 15) is 22.7 Å². The van der Waals surface area contributed by atoms with Crippen LogP contribution in [0.25, 0.3) is 0 Å². The summed E-state index contributed by atoms with van der Waals surface area (Å²) in [5.74, 6) is -0.898. The van der Waals surface area contributed by atoms with Crippen LogP contribution < -0.4 is 10.0 Å². The number of nitrogens with one attached hydrogen (secondary N) is 2. The average molecular weight is 440 g/mol. The normalized spacial score (nSPS) is 17.9. The van der Waals surface area contributed by atoms with Gasteiger partial charge in [-0.25, -0.2) is 17.5 Å². The maximum atomic E-state index is 13.4. The van der Waals surface area contributed by atoms with Crippen molar-refractivity contribution < 1.29 is 22.7 Å². The van der Waals surface area contributed by atoms with Gasteiger partial charge in [0.2, 0.25) is 10.0 Å². The van der Waals surface area contributed by atoms with E-state index < -0.39 is 28.1 Å². The van der Waals surface area contributed by atoms with E-state index in [-0.39, 0.29) is 16.3 Å². The van der Waals surface area contributed by atoms with Gasteiger partial charge in [-0.3, -0.25) is 4.79 Å². The summed E-state index contributed by atoms with van der Waals surface area (Å²) in [5, 5.41) is 13.1. The van der Waals surface area contributed by atoms with Gasteiger partial charge in [0.25, 0.3) is 5.91 Å². The number of carbonyl (C=O) groups excluding carboxylic acids is 1. The fourth-order valence-electron chi connectivity index (χ4n) is 3.68. The summed E-state index contributed by atoms with van der Waals surface area (Å²) < 4.78 is 41.8. The average Bonchev–Trinajstić information content (AvgIpc) is 3.06. The van der Waals surface area contributed by atoms with Crippen LogP contribution in [-0.2, 0) is 16.4 Å². The number of sulfonamides is 1. The molecule has 0 aliphatic heterocycles. The Morgan fingerprint density at radius 1 is 1.06 bits per heavy atom. The Balaban J connectivity index is 1.52. The molecule has 1 aliphatic rings. The van der Waals surface area contributed by atoms with E-state index in [1.54, 1.807) is 19.1 Å². The summed E-state index contributed by atoms with van der Waals surface area (Å²) in [6, 6.07) is 16.4. The highest BCUT2D eigenvalue weighted by Gasteiger charge is 2.34. The van der Waals surface area contributed by atoms with Crippen LogP contribution in [0.15, 0.2) is 71.6 Å². The Kier molecular flexibility index (Phi) is 5.62. The van der Waals surface area contributed by atoms with Crippen LogP contribution in [0.2, 0.25) is 0 Å². The van der Waals surface area contributed by atoms with Gasteiger partial charge in [-0.15, -0.1) is 0 Å². The van der Waals surface area contributed by atoms with Gasteiger partial charge in [-0.2, -0.15) is 0 Å². The van der Waals surface area contributed by atoms with Gasteiger partial charge in [0.1, 0.15) is 5.82 Å². The smallest absolute Gasteiger partial charge is 0.255 e. The zero-order valence-corrected chi connectivity index (χ0v) is 17.5. The molecule has 31 heavy (non-hydrogen) atoms. The maximum absolute atomic E-state index is 13.4. The first kappa shape index (κ1) is 21.2. The third-order valence-electron chi connectivity index (χ3n) is 5.32. The van der Waals surface area contributed by atoms with E-state index in [2.05, 4.69) is 10.0 Å². The molecule has 4 rings (SSSR count). The number of rotatable bonds is 5. The molecule has 0 bridgehead atoms. The number of anilines is 1. The first-order chi connectivity index (χ1) is 14.7. The van der Waals surface area contributed by atoms with E-state index in [0.29, 0.717) is 23.2 Å². The molecular formula is C23H21FN2O4S. The number of halogens is 1. The number of benzene rings is 3. The van der Waals surface area contributed by atoms with Crippen LogP contribution in [0, 0.1) is 12.7 Å². The van der Waals surface area contributed by atoms with Gasteiger partial charge < -0.3 is 10.4 Å². The molecule has 1 amide bonds. The summed E-state index contributed by atoms with van der Waals surface area (Å²) >= 11 is 0. The van der Waals surface area contributed by atoms with Crippen molar-refractivity contribution >= 4 is 21.6 Å². The van der Waals surface area contributed by atoms with Crippen molar-refractivity contribution in [2.45, 2.75) is 30.4 Å². The van der Waals surface area contributed by atoms with Gasteiger partial charge in [0.15, 0.2) is 0 Å². The summed E-state index contributed by atoms with van der Waals surface area (Å²) in [6.07, 6.45) is -0.570. The Morgan fingerprint density at radius 2 is 1.84 bits per heavy atom. The van der Waals surface area contributed by atoms with Gasteiger partial charge >= 0.3 is 0 Å². The Bertz CT molecular complexity index is 1260. The summed E-state index contributed by atoms with van der Waals surface area (Å²) in [6.45, 7) is 1.58. The molecule has 0 aromatic heterocycles. The van der Waals surface area contributed by atoms with E-state index in [4.69, 9.17) is 0 Å². The zero-order chi connectivity index (χ0) is 22.2. The summed E-state index contributed by atoms with van der Waals surface area (Å²) in [5.41, 5.74) is 2.53. The highest BCUT2D eigenvalue weighted by molar-refractivity contribution is 7.89. The standard InChI is InChI=1S/C23H21FN2O4S/c1-14-11-17(9-10-20(14)24)25-23(28)16-6-4-7-18(12-16)31(29,30)26-21-13-15-5-2-3-8-19(15)22(21)27/h2-12,21-22,26-27H,13H2,1H3,(H,25,28). The number of hydrogen-bond acceptors (Lipinski definition) is 4. The first-order valence-electron chi connectivity index (χ1n) is 9.70. The predicted molar refractivity (Wildman–Crippen MR) is 115 cm³/mol. The largest absolute Gasteiger partial charge is 0.387 e. The lowest BCUT2D eigenvalue weighted by Crippen LogP contribution is -2.37. The van der Waals surface area contributed by atoms with E-state index in [1.807, 2.05) is 12.1 Å². The highest BCUT2D eigenvalue weighted by Crippen LogP contribution is 2.32. The van der Waals surface area contributed by atoms with Crippen molar-refractivity contribution in [1.29, 1.82) is 0 Å². The van der Waals surface area contributed by atoms with E-state index >= 15 is 0 Å². The molecule has 0 heterocycles. The molecule has 0 saturated carbocycles. The number of aliphatic hydroxyl groups is 1. The van der Waals surface area contributed by atoms with Crippen molar-refractivity contribution in [1.82, 2.24) is 4.72 Å². The molecular weight excluding hydrogens is 419 g/mol. The fraction of sp³-hybridized carbons (Fsp3) is 0.174. The van der Waals surface area contributed by atoms with Crippen molar-refractivity contribution in [3.05, 3.63) is 94.8 Å². The van der Waals surface area contributed by atoms with Crippen LogP contribution >= 0.6 is 0 Å². The van der Waals surface area contributed by atoms with Crippen LogP contribution in [0.5, 0.6) is 0 Å². The molecule has 2 unspecified atom stereocenters. The molecule has 0 radical (unpaired) electrons. The van der Waals surface area contributed by atoms with Crippen LogP contribution in [0.3, 0.4) is 0 Å². The van der Waals surface area contributed by atoms with Crippen LogP contribution in [0.1, 0.15) is 33.2 Å². The summed E-state index contributed by atoms with van der Waals surface area (Å²) in [7, 11) is -3.98. The minimum atomic E-state index is -3.98. The van der Waals surface area contributed by atoms with Gasteiger partial charge in [0, 0.05) is 11.3 Å². The highest BCUT2D eigenvalue weighted by atomic mass is 32.2. The number of aliphatic hydroxyl groups excluding tert-OH is 1. The number of hydrogen-bond donors (Lipinski definition) is 3. The molecule has 1 aliphatic carbocycles. The molecule has 6 nitrogen and oxygen atoms in total. The SMILES string of the molecule is Cc1cc(NC(=O)c2cccc(S(=O)(=O)NC3Cc4ccccc4C3O)c2)ccc1F. The molecule has 8 heteroatoms. The lowest BCUT2D eigenvalue weighted by atomic mass is 10.1. The predicted octanol–water partition coefficient (Wildman–Crippen LogP) is 3.32. The second-order valence-corrected chi connectivity index (χ2v) is 9.24. The number of amides is 1. The Labute approximate surface area is 179 Å². The third kappa shape index (κ3) is 4.36. The molecule has 3 N–H and O–H groups in total. The van der Waals surface area contributed by atoms with E-state index in [1.165, 1.54) is 42.5 Å². The molecule has 3 aromatic carbocycles. The van der Waals surface area contributed by atoms with Crippen molar-refractivity contribution in [2.75, 3.05) is 5.32 Å². The fourth-order valence-corrected chi connectivity index (χ4v) is 4.96. The van der Waals surface area contributed by atoms with Gasteiger partial charge in [-0.1, -0.05) is 30.3 Å². The molecule has 3 aromatic rings. The Morgan fingerprint density at radius 3 is 2.58 bits per heavy atom. The Hall–Kier alpha value is -3.07. The molecule has 0 saturated heterocycles. The lowest BCUT2D eigenvalue weighted by molar-refractivity contribution is 0.102. The monoisotopic (exact) mass is 440 g/mol. The zero-order valence-electron chi connectivity index (χ0n) is 16.7. The van der Waals surface area contributed by atoms with Crippen LogP contribution in [0.4, 0.5) is 10.1 Å². The molecule has 0 fully saturated rings. The van der Waals surface area contributed by atoms with Crippen molar-refractivity contribution in [2.24, 2.45) is 0 Å². The van der Waals surface area contributed by atoms with Gasteiger partial charge in [0.05, 0.1) is 17.0 Å². The quantitative estimate of drug-likeness (QED) is 0.567. The second kappa shape index (κ2) is 8.22. The van der Waals surface area contributed by atoms with E-state index in [0.717, 1.165) is 5.56 Å².